The number of nitrogens with two attached hydrogens (primary N) is 1. The number of carbonyl (C=O) groups is 1. The van der Waals surface area contributed by atoms with Crippen molar-refractivity contribution in [3.63, 3.8) is 0 Å². The molecular weight excluding hydrogens is 430 g/mol. The number of anilines is 1. The fourth-order valence-corrected chi connectivity index (χ4v) is 5.30. The maximum Gasteiger partial charge on any atom is 0.254 e. The van der Waals surface area contributed by atoms with Crippen molar-refractivity contribution in [3.8, 4) is 0 Å². The number of amides is 1. The quantitative estimate of drug-likeness (QED) is 0.500. The van der Waals surface area contributed by atoms with Crippen molar-refractivity contribution in [2.24, 2.45) is 12.8 Å². The van der Waals surface area contributed by atoms with Crippen LogP contribution in [0, 0.1) is 6.92 Å². The lowest BCUT2D eigenvalue weighted by molar-refractivity contribution is 0.0606. The Labute approximate surface area is 197 Å². The summed E-state index contributed by atoms with van der Waals surface area (Å²) in [5.41, 5.74) is 11.1. The third-order valence-electron chi connectivity index (χ3n) is 7.11. The average molecular weight is 460 g/mol. The van der Waals surface area contributed by atoms with Gasteiger partial charge in [-0.15, -0.1) is 5.10 Å². The van der Waals surface area contributed by atoms with Gasteiger partial charge in [-0.1, -0.05) is 5.21 Å². The first kappa shape index (κ1) is 21.0. The maximum atomic E-state index is 13.6. The molecule has 10 nitrogen and oxygen atoms in total. The molecule has 0 unspecified atom stereocenters. The number of hydrogen-bond acceptors (Lipinski definition) is 7. The number of rotatable bonds is 3. The molecule has 0 bridgehead atoms. The number of hydrogen-bond donors (Lipinski definition) is 1. The van der Waals surface area contributed by atoms with Crippen LogP contribution in [0.25, 0.3) is 16.7 Å². The van der Waals surface area contributed by atoms with Crippen LogP contribution in [0.4, 0.5) is 5.82 Å². The SMILES string of the molecule is Cc1cn2nc([C@@H]3CCCCN3C(=O)c3ccc4c(c3)nnn4C)cc2nc1N1CC[C@H](N)C1. The summed E-state index contributed by atoms with van der Waals surface area (Å²) in [7, 11) is 1.85. The Morgan fingerprint density at radius 3 is 2.85 bits per heavy atom. The van der Waals surface area contributed by atoms with Gasteiger partial charge in [0, 0.05) is 56.1 Å². The van der Waals surface area contributed by atoms with Crippen LogP contribution in [-0.4, -0.2) is 66.1 Å². The molecule has 176 valence electrons. The molecule has 2 aliphatic heterocycles. The molecule has 3 aromatic heterocycles. The predicted molar refractivity (Wildman–Crippen MR) is 129 cm³/mol. The van der Waals surface area contributed by atoms with Crippen molar-refractivity contribution < 1.29 is 4.79 Å². The zero-order valence-corrected chi connectivity index (χ0v) is 19.6. The molecular formula is C24H29N9O. The molecule has 34 heavy (non-hydrogen) atoms. The highest BCUT2D eigenvalue weighted by molar-refractivity contribution is 5.97. The molecule has 0 aliphatic carbocycles. The largest absolute Gasteiger partial charge is 0.355 e. The minimum absolute atomic E-state index is 0.00481. The van der Waals surface area contributed by atoms with Gasteiger partial charge in [0.1, 0.15) is 11.3 Å². The van der Waals surface area contributed by atoms with Crippen LogP contribution in [0.1, 0.15) is 53.3 Å². The molecule has 2 N–H and O–H groups in total. The topological polar surface area (TPSA) is 110 Å². The molecule has 1 amide bonds. The number of fused-ring (bicyclic) bond motifs is 2. The number of benzene rings is 1. The van der Waals surface area contributed by atoms with E-state index in [1.54, 1.807) is 4.68 Å². The summed E-state index contributed by atoms with van der Waals surface area (Å²) in [6.07, 6.45) is 5.95. The molecule has 4 aromatic rings. The van der Waals surface area contributed by atoms with Gasteiger partial charge in [0.15, 0.2) is 5.65 Å². The van der Waals surface area contributed by atoms with Gasteiger partial charge in [-0.25, -0.2) is 14.2 Å². The fraction of sp³-hybridized carbons (Fsp3) is 0.458. The average Bonchev–Trinajstić information content (AvgIpc) is 3.56. The minimum Gasteiger partial charge on any atom is -0.355 e. The van der Waals surface area contributed by atoms with Crippen molar-refractivity contribution in [2.75, 3.05) is 24.5 Å². The molecule has 6 rings (SSSR count). The lowest BCUT2D eigenvalue weighted by atomic mass is 9.98. The normalized spacial score (nSPS) is 21.1. The number of nitrogens with zero attached hydrogens (tertiary/aromatic N) is 8. The van der Waals surface area contributed by atoms with E-state index in [9.17, 15) is 4.79 Å². The monoisotopic (exact) mass is 459 g/mol. The second-order valence-electron chi connectivity index (χ2n) is 9.54. The first-order valence-electron chi connectivity index (χ1n) is 12.0. The molecule has 5 heterocycles. The van der Waals surface area contributed by atoms with Crippen molar-refractivity contribution in [1.82, 2.24) is 34.5 Å². The molecule has 0 saturated carbocycles. The van der Waals surface area contributed by atoms with Gasteiger partial charge in [-0.3, -0.25) is 4.79 Å². The Kier molecular flexibility index (Phi) is 4.98. The Balaban J connectivity index is 1.32. The number of aryl methyl sites for hydroxylation is 2. The second kappa shape index (κ2) is 8.05. The highest BCUT2D eigenvalue weighted by Crippen LogP contribution is 2.33. The molecule has 2 atom stereocenters. The van der Waals surface area contributed by atoms with Crippen LogP contribution >= 0.6 is 0 Å². The molecule has 1 aromatic carbocycles. The van der Waals surface area contributed by atoms with Crippen LogP contribution in [-0.2, 0) is 7.05 Å². The Bertz CT molecular complexity index is 1390. The molecule has 10 heteroatoms. The van der Waals surface area contributed by atoms with E-state index in [4.69, 9.17) is 15.8 Å². The van der Waals surface area contributed by atoms with Crippen LogP contribution < -0.4 is 10.6 Å². The fourth-order valence-electron chi connectivity index (χ4n) is 5.30. The van der Waals surface area contributed by atoms with Crippen molar-refractivity contribution >= 4 is 28.4 Å². The van der Waals surface area contributed by atoms with E-state index >= 15 is 0 Å². The maximum absolute atomic E-state index is 13.6. The lowest BCUT2D eigenvalue weighted by Crippen LogP contribution is -2.38. The summed E-state index contributed by atoms with van der Waals surface area (Å²) in [6, 6.07) is 7.75. The van der Waals surface area contributed by atoms with Crippen LogP contribution in [0.3, 0.4) is 0 Å². The summed E-state index contributed by atoms with van der Waals surface area (Å²) in [5.74, 6) is 0.978. The first-order valence-corrected chi connectivity index (χ1v) is 12.0. The van der Waals surface area contributed by atoms with E-state index in [2.05, 4.69) is 22.1 Å². The third kappa shape index (κ3) is 3.49. The zero-order chi connectivity index (χ0) is 23.4. The van der Waals surface area contributed by atoms with E-state index in [-0.39, 0.29) is 18.0 Å². The van der Waals surface area contributed by atoms with Gasteiger partial charge in [0.05, 0.1) is 17.3 Å². The second-order valence-corrected chi connectivity index (χ2v) is 9.54. The zero-order valence-electron chi connectivity index (χ0n) is 19.6. The van der Waals surface area contributed by atoms with Crippen LogP contribution in [0.15, 0.2) is 30.5 Å². The van der Waals surface area contributed by atoms with Gasteiger partial charge < -0.3 is 15.5 Å². The molecule has 0 spiro atoms. The van der Waals surface area contributed by atoms with E-state index in [0.29, 0.717) is 12.1 Å². The summed E-state index contributed by atoms with van der Waals surface area (Å²) < 4.78 is 3.55. The smallest absolute Gasteiger partial charge is 0.254 e. The predicted octanol–water partition coefficient (Wildman–Crippen LogP) is 2.22. The number of piperidine rings is 1. The molecule has 2 aliphatic rings. The number of carbonyl (C=O) groups excluding carboxylic acids is 1. The Morgan fingerprint density at radius 1 is 1.15 bits per heavy atom. The van der Waals surface area contributed by atoms with Crippen molar-refractivity contribution in [1.29, 1.82) is 0 Å². The van der Waals surface area contributed by atoms with Crippen molar-refractivity contribution in [3.05, 3.63) is 47.3 Å². The van der Waals surface area contributed by atoms with Crippen molar-refractivity contribution in [2.45, 2.75) is 44.7 Å². The Morgan fingerprint density at radius 2 is 2.03 bits per heavy atom. The van der Waals surface area contributed by atoms with Crippen LogP contribution in [0.5, 0.6) is 0 Å². The minimum atomic E-state index is -0.0792. The summed E-state index contributed by atoms with van der Waals surface area (Å²) in [4.78, 5) is 22.7. The third-order valence-corrected chi connectivity index (χ3v) is 7.11. The first-order chi connectivity index (χ1) is 16.5. The highest BCUT2D eigenvalue weighted by atomic mass is 16.2. The number of likely N-dealkylation sites (tertiary alicyclic amines) is 1. The summed E-state index contributed by atoms with van der Waals surface area (Å²) in [5, 5.41) is 13.1. The number of aromatic nitrogens is 6. The van der Waals surface area contributed by atoms with E-state index in [1.165, 1.54) is 0 Å². The molecule has 0 radical (unpaired) electrons. The van der Waals surface area contributed by atoms with Gasteiger partial charge in [0.25, 0.3) is 5.91 Å². The lowest BCUT2D eigenvalue weighted by Gasteiger charge is -2.34. The van der Waals surface area contributed by atoms with E-state index in [0.717, 1.165) is 72.5 Å². The van der Waals surface area contributed by atoms with E-state index in [1.807, 2.05) is 46.9 Å². The standard InChI is InChI=1S/C24H29N9O/c1-15-13-33-22(26-23(15)31-10-8-17(25)14-31)12-19(28-33)21-5-3-4-9-32(21)24(34)16-6-7-20-18(11-16)27-29-30(20)2/h6-7,11-13,17,21H,3-5,8-10,14,25H2,1-2H3/t17-,21-/m0/s1. The van der Waals surface area contributed by atoms with Gasteiger partial charge >= 0.3 is 0 Å². The van der Waals surface area contributed by atoms with Gasteiger partial charge in [0.2, 0.25) is 0 Å². The van der Waals surface area contributed by atoms with Gasteiger partial charge in [-0.2, -0.15) is 5.10 Å². The summed E-state index contributed by atoms with van der Waals surface area (Å²) in [6.45, 7) is 4.52. The van der Waals surface area contributed by atoms with Gasteiger partial charge in [-0.05, 0) is 50.8 Å². The molecule has 2 saturated heterocycles. The van der Waals surface area contributed by atoms with Crippen LogP contribution in [0.2, 0.25) is 0 Å². The highest BCUT2D eigenvalue weighted by Gasteiger charge is 2.31. The summed E-state index contributed by atoms with van der Waals surface area (Å²) >= 11 is 0. The molecule has 2 fully saturated rings. The van der Waals surface area contributed by atoms with E-state index < -0.39 is 0 Å². The Hall–Kier alpha value is -3.53.